The number of benzene rings is 1. The Bertz CT molecular complexity index is 646. The third-order valence-electron chi connectivity index (χ3n) is 5.89. The number of hydrogen-bond acceptors (Lipinski definition) is 3. The van der Waals surface area contributed by atoms with E-state index in [9.17, 15) is 9.59 Å². The Morgan fingerprint density at radius 2 is 1.96 bits per heavy atom. The van der Waals surface area contributed by atoms with Crippen LogP contribution < -0.4 is 0 Å². The minimum absolute atomic E-state index is 0.157. The largest absolute Gasteiger partial charge is 0.377 e. The molecule has 5 nitrogen and oxygen atoms in total. The lowest BCUT2D eigenvalue weighted by atomic mass is 9.78. The molecule has 2 aliphatic rings. The predicted octanol–water partition coefficient (Wildman–Crippen LogP) is 3.23. The number of nitrogens with zero attached hydrogens (tertiary/aromatic N) is 2. The van der Waals surface area contributed by atoms with Crippen LogP contribution in [0.3, 0.4) is 0 Å². The van der Waals surface area contributed by atoms with Gasteiger partial charge in [-0.3, -0.25) is 9.59 Å². The lowest BCUT2D eigenvalue weighted by molar-refractivity contribution is -0.148. The number of hydrogen-bond donors (Lipinski definition) is 0. The van der Waals surface area contributed by atoms with Crippen LogP contribution >= 0.6 is 0 Å². The van der Waals surface area contributed by atoms with Crippen molar-refractivity contribution in [1.29, 1.82) is 0 Å². The van der Waals surface area contributed by atoms with Crippen molar-refractivity contribution in [3.63, 3.8) is 0 Å². The first-order chi connectivity index (χ1) is 13.0. The number of carbonyl (C=O) groups is 2. The summed E-state index contributed by atoms with van der Waals surface area (Å²) < 4.78 is 5.67. The standard InChI is InChI=1S/C22H32N2O3/c1-18(2)24-13-7-11-22(21(24)26)12-14-23(17-22)20(25)10-6-15-27-16-19-8-4-3-5-9-19/h3-5,8-9,18H,6-7,10-17H2,1-2H3/t22-/m0/s1. The van der Waals surface area contributed by atoms with Crippen LogP contribution in [0.4, 0.5) is 0 Å². The van der Waals surface area contributed by atoms with E-state index >= 15 is 0 Å². The summed E-state index contributed by atoms with van der Waals surface area (Å²) in [7, 11) is 0. The maximum atomic E-state index is 13.0. The molecule has 2 saturated heterocycles. The van der Waals surface area contributed by atoms with Crippen LogP contribution in [0.2, 0.25) is 0 Å². The van der Waals surface area contributed by atoms with E-state index in [4.69, 9.17) is 4.74 Å². The van der Waals surface area contributed by atoms with E-state index in [-0.39, 0.29) is 23.3 Å². The Morgan fingerprint density at radius 3 is 2.70 bits per heavy atom. The Balaban J connectivity index is 1.42. The summed E-state index contributed by atoms with van der Waals surface area (Å²) in [4.78, 5) is 29.4. The van der Waals surface area contributed by atoms with Crippen LogP contribution in [0.25, 0.3) is 0 Å². The lowest BCUT2D eigenvalue weighted by Crippen LogP contribution is -2.52. The Kier molecular flexibility index (Phi) is 6.53. The van der Waals surface area contributed by atoms with Gasteiger partial charge in [-0.1, -0.05) is 30.3 Å². The molecule has 2 heterocycles. The second-order valence-corrected chi connectivity index (χ2v) is 8.18. The molecule has 27 heavy (non-hydrogen) atoms. The van der Waals surface area contributed by atoms with Crippen LogP contribution in [0, 0.1) is 5.41 Å². The molecular weight excluding hydrogens is 340 g/mol. The van der Waals surface area contributed by atoms with Gasteiger partial charge in [-0.05, 0) is 45.1 Å². The van der Waals surface area contributed by atoms with Crippen molar-refractivity contribution in [2.45, 2.75) is 58.6 Å². The molecule has 1 aromatic carbocycles. The van der Waals surface area contributed by atoms with Crippen molar-refractivity contribution >= 4 is 11.8 Å². The van der Waals surface area contributed by atoms with Crippen molar-refractivity contribution in [2.24, 2.45) is 5.41 Å². The first kappa shape index (κ1) is 19.9. The van der Waals surface area contributed by atoms with E-state index in [1.54, 1.807) is 0 Å². The summed E-state index contributed by atoms with van der Waals surface area (Å²) in [6.07, 6.45) is 3.98. The molecule has 0 saturated carbocycles. The molecule has 1 atom stereocenters. The molecule has 0 aromatic heterocycles. The maximum absolute atomic E-state index is 13.0. The number of ether oxygens (including phenoxy) is 1. The van der Waals surface area contributed by atoms with Gasteiger partial charge < -0.3 is 14.5 Å². The number of rotatable bonds is 7. The molecular formula is C22H32N2O3. The zero-order chi connectivity index (χ0) is 19.3. The zero-order valence-electron chi connectivity index (χ0n) is 16.7. The summed E-state index contributed by atoms with van der Waals surface area (Å²) in [6, 6.07) is 10.3. The van der Waals surface area contributed by atoms with Gasteiger partial charge >= 0.3 is 0 Å². The normalized spacial score (nSPS) is 22.9. The van der Waals surface area contributed by atoms with Crippen molar-refractivity contribution < 1.29 is 14.3 Å². The fraction of sp³-hybridized carbons (Fsp3) is 0.636. The van der Waals surface area contributed by atoms with Gasteiger partial charge in [-0.25, -0.2) is 0 Å². The van der Waals surface area contributed by atoms with E-state index in [0.717, 1.165) is 37.8 Å². The molecule has 0 unspecified atom stereocenters. The van der Waals surface area contributed by atoms with E-state index < -0.39 is 0 Å². The minimum Gasteiger partial charge on any atom is -0.377 e. The number of carbonyl (C=O) groups excluding carboxylic acids is 2. The molecule has 148 valence electrons. The molecule has 2 aliphatic heterocycles. The van der Waals surface area contributed by atoms with E-state index in [0.29, 0.717) is 32.7 Å². The van der Waals surface area contributed by atoms with Gasteiger partial charge in [0.1, 0.15) is 0 Å². The molecule has 0 bridgehead atoms. The number of amides is 2. The summed E-state index contributed by atoms with van der Waals surface area (Å²) in [6.45, 7) is 7.47. The second kappa shape index (κ2) is 8.87. The average Bonchev–Trinajstić information content (AvgIpc) is 3.09. The summed E-state index contributed by atoms with van der Waals surface area (Å²) in [5.74, 6) is 0.412. The van der Waals surface area contributed by atoms with Gasteiger partial charge in [0.15, 0.2) is 0 Å². The van der Waals surface area contributed by atoms with Crippen molar-refractivity contribution in [3.05, 3.63) is 35.9 Å². The van der Waals surface area contributed by atoms with Gasteiger partial charge in [-0.15, -0.1) is 0 Å². The van der Waals surface area contributed by atoms with Crippen LogP contribution in [0.5, 0.6) is 0 Å². The highest BCUT2D eigenvalue weighted by Gasteiger charge is 2.49. The van der Waals surface area contributed by atoms with Crippen LogP contribution in [-0.4, -0.2) is 53.9 Å². The molecule has 1 spiro atoms. The van der Waals surface area contributed by atoms with Crippen molar-refractivity contribution in [1.82, 2.24) is 9.80 Å². The quantitative estimate of drug-likeness (QED) is 0.691. The molecule has 2 fully saturated rings. The van der Waals surface area contributed by atoms with Gasteiger partial charge in [0.05, 0.1) is 12.0 Å². The zero-order valence-corrected chi connectivity index (χ0v) is 16.7. The summed E-state index contributed by atoms with van der Waals surface area (Å²) >= 11 is 0. The summed E-state index contributed by atoms with van der Waals surface area (Å²) in [5.41, 5.74) is 0.818. The highest BCUT2D eigenvalue weighted by molar-refractivity contribution is 5.86. The third kappa shape index (κ3) is 4.70. The van der Waals surface area contributed by atoms with Crippen LogP contribution in [0.1, 0.15) is 51.5 Å². The first-order valence-electron chi connectivity index (χ1n) is 10.2. The number of likely N-dealkylation sites (tertiary alicyclic amines) is 2. The predicted molar refractivity (Wildman–Crippen MR) is 105 cm³/mol. The topological polar surface area (TPSA) is 49.9 Å². The number of piperidine rings is 1. The fourth-order valence-corrected chi connectivity index (χ4v) is 4.31. The monoisotopic (exact) mass is 372 g/mol. The molecule has 1 aromatic rings. The smallest absolute Gasteiger partial charge is 0.230 e. The molecule has 0 radical (unpaired) electrons. The Labute approximate surface area is 162 Å². The van der Waals surface area contributed by atoms with Gasteiger partial charge in [0.2, 0.25) is 11.8 Å². The van der Waals surface area contributed by atoms with E-state index in [1.807, 2.05) is 40.1 Å². The Hall–Kier alpha value is -1.88. The molecule has 5 heteroatoms. The molecule has 0 N–H and O–H groups in total. The SMILES string of the molecule is CC(C)N1CCC[C@@]2(CCN(C(=O)CCCOCc3ccccc3)C2)C1=O. The first-order valence-corrected chi connectivity index (χ1v) is 10.2. The minimum atomic E-state index is -0.331. The average molecular weight is 373 g/mol. The van der Waals surface area contributed by atoms with Crippen LogP contribution in [-0.2, 0) is 20.9 Å². The second-order valence-electron chi connectivity index (χ2n) is 8.18. The van der Waals surface area contributed by atoms with Gasteiger partial charge in [-0.2, -0.15) is 0 Å². The summed E-state index contributed by atoms with van der Waals surface area (Å²) in [5, 5.41) is 0. The fourth-order valence-electron chi connectivity index (χ4n) is 4.31. The third-order valence-corrected chi connectivity index (χ3v) is 5.89. The van der Waals surface area contributed by atoms with Crippen LogP contribution in [0.15, 0.2) is 30.3 Å². The highest BCUT2D eigenvalue weighted by atomic mass is 16.5. The Morgan fingerprint density at radius 1 is 1.19 bits per heavy atom. The van der Waals surface area contributed by atoms with Crippen molar-refractivity contribution in [3.8, 4) is 0 Å². The van der Waals surface area contributed by atoms with Gasteiger partial charge in [0, 0.05) is 38.7 Å². The van der Waals surface area contributed by atoms with E-state index in [1.165, 1.54) is 0 Å². The molecule has 0 aliphatic carbocycles. The lowest BCUT2D eigenvalue weighted by Gasteiger charge is -2.41. The van der Waals surface area contributed by atoms with Crippen molar-refractivity contribution in [2.75, 3.05) is 26.2 Å². The maximum Gasteiger partial charge on any atom is 0.230 e. The highest BCUT2D eigenvalue weighted by Crippen LogP contribution is 2.40. The van der Waals surface area contributed by atoms with E-state index in [2.05, 4.69) is 13.8 Å². The molecule has 3 rings (SSSR count). The molecule has 2 amide bonds. The van der Waals surface area contributed by atoms with Gasteiger partial charge in [0.25, 0.3) is 0 Å².